The van der Waals surface area contributed by atoms with E-state index in [0.717, 1.165) is 5.56 Å². The van der Waals surface area contributed by atoms with E-state index in [1.165, 1.54) is 5.54 Å². The van der Waals surface area contributed by atoms with E-state index in [-0.39, 0.29) is 0 Å². The summed E-state index contributed by atoms with van der Waals surface area (Å²) in [5, 5.41) is 1.20. The molecule has 1 aromatic carbocycles. The Morgan fingerprint density at radius 3 is 2.18 bits per heavy atom. The van der Waals surface area contributed by atoms with Crippen LogP contribution >= 0.6 is 34.8 Å². The Morgan fingerprint density at radius 1 is 1.18 bits per heavy atom. The summed E-state index contributed by atoms with van der Waals surface area (Å²) in [6, 6.07) is 7.15. The van der Waals surface area contributed by atoms with E-state index in [1.807, 2.05) is 12.1 Å². The van der Waals surface area contributed by atoms with Gasteiger partial charge >= 0.3 is 0 Å². The van der Waals surface area contributed by atoms with E-state index < -0.39 is 0 Å². The number of benzene rings is 1. The first kappa shape index (κ1) is 8.92. The maximum atomic E-state index is 5.73. The number of hydrogen-bond donors (Lipinski definition) is 0. The van der Waals surface area contributed by atoms with Gasteiger partial charge in [0.15, 0.2) is 0 Å². The lowest BCUT2D eigenvalue weighted by atomic mass is 10.2. The van der Waals surface area contributed by atoms with Gasteiger partial charge in [-0.2, -0.15) is 0 Å². The second-order valence-corrected chi connectivity index (χ2v) is 3.03. The van der Waals surface area contributed by atoms with Gasteiger partial charge < -0.3 is 0 Å². The lowest BCUT2D eigenvalue weighted by Crippen LogP contribution is -1.73. The highest BCUT2D eigenvalue weighted by Crippen LogP contribution is 2.21. The van der Waals surface area contributed by atoms with Gasteiger partial charge in [0.1, 0.15) is 0 Å². The first-order valence-electron chi connectivity index (χ1n) is 2.96. The molecule has 0 unspecified atom stereocenters. The van der Waals surface area contributed by atoms with Crippen molar-refractivity contribution in [1.29, 1.82) is 0 Å². The van der Waals surface area contributed by atoms with Gasteiger partial charge in [-0.1, -0.05) is 46.9 Å². The molecular formula is C8H5Cl3. The van der Waals surface area contributed by atoms with Crippen molar-refractivity contribution in [3.05, 3.63) is 40.4 Å². The summed E-state index contributed by atoms with van der Waals surface area (Å²) in [6.45, 7) is 0. The number of rotatable bonds is 1. The number of halogens is 3. The lowest BCUT2D eigenvalue weighted by Gasteiger charge is -1.96. The summed E-state index contributed by atoms with van der Waals surface area (Å²) in [5.74, 6) is 0. The molecular weight excluding hydrogens is 202 g/mol. The molecule has 0 radical (unpaired) electrons. The third kappa shape index (κ3) is 2.41. The molecule has 0 saturated heterocycles. The van der Waals surface area contributed by atoms with Crippen molar-refractivity contribution >= 4 is 39.8 Å². The van der Waals surface area contributed by atoms with Crippen LogP contribution in [0.15, 0.2) is 29.8 Å². The molecule has 0 bridgehead atoms. The van der Waals surface area contributed by atoms with Crippen LogP contribution in [0.4, 0.5) is 0 Å². The smallest absolute Gasteiger partial charge is 0.0591 e. The monoisotopic (exact) mass is 206 g/mol. The maximum Gasteiger partial charge on any atom is 0.0591 e. The molecule has 0 aliphatic heterocycles. The first-order chi connectivity index (χ1) is 5.24. The molecule has 58 valence electrons. The first-order valence-corrected chi connectivity index (χ1v) is 4.15. The van der Waals surface area contributed by atoms with Gasteiger partial charge in [-0.05, 0) is 17.7 Å². The SMILES string of the molecule is ClC=C(Cl)c1ccc(Cl)cc1. The molecule has 0 spiro atoms. The van der Waals surface area contributed by atoms with Crippen LogP contribution in [0, 0.1) is 0 Å². The molecule has 0 saturated carbocycles. The van der Waals surface area contributed by atoms with Gasteiger partial charge in [0.25, 0.3) is 0 Å². The highest BCUT2D eigenvalue weighted by Gasteiger charge is 1.95. The van der Waals surface area contributed by atoms with Crippen molar-refractivity contribution in [2.75, 3.05) is 0 Å². The molecule has 1 aromatic rings. The lowest BCUT2D eigenvalue weighted by molar-refractivity contribution is 1.65. The van der Waals surface area contributed by atoms with Gasteiger partial charge in [-0.3, -0.25) is 0 Å². The minimum atomic E-state index is 0.517. The zero-order valence-corrected chi connectivity index (χ0v) is 7.79. The zero-order valence-electron chi connectivity index (χ0n) is 5.52. The van der Waals surface area contributed by atoms with E-state index in [2.05, 4.69) is 0 Å². The summed E-state index contributed by atoms with van der Waals surface area (Å²) in [6.07, 6.45) is 0. The molecule has 0 fully saturated rings. The van der Waals surface area contributed by atoms with Gasteiger partial charge in [0.05, 0.1) is 5.03 Å². The van der Waals surface area contributed by atoms with Crippen LogP contribution in [0.5, 0.6) is 0 Å². The third-order valence-electron chi connectivity index (χ3n) is 1.22. The van der Waals surface area contributed by atoms with Gasteiger partial charge in [0.2, 0.25) is 0 Å². The molecule has 1 rings (SSSR count). The Hall–Kier alpha value is -0.170. The van der Waals surface area contributed by atoms with Crippen molar-refractivity contribution < 1.29 is 0 Å². The van der Waals surface area contributed by atoms with Crippen LogP contribution < -0.4 is 0 Å². The molecule has 0 aliphatic carbocycles. The Balaban J connectivity index is 2.99. The minimum Gasteiger partial charge on any atom is -0.0913 e. The summed E-state index contributed by atoms with van der Waals surface area (Å²) < 4.78 is 0. The van der Waals surface area contributed by atoms with Crippen LogP contribution in [-0.4, -0.2) is 0 Å². The van der Waals surface area contributed by atoms with E-state index >= 15 is 0 Å². The molecule has 0 nitrogen and oxygen atoms in total. The minimum absolute atomic E-state index is 0.517. The van der Waals surface area contributed by atoms with Crippen LogP contribution in [0.2, 0.25) is 5.02 Å². The van der Waals surface area contributed by atoms with Crippen molar-refractivity contribution in [3.63, 3.8) is 0 Å². The zero-order chi connectivity index (χ0) is 8.27. The van der Waals surface area contributed by atoms with Crippen LogP contribution in [0.1, 0.15) is 5.56 Å². The van der Waals surface area contributed by atoms with Crippen LogP contribution in [-0.2, 0) is 0 Å². The predicted octanol–water partition coefficient (Wildman–Crippen LogP) is 4.12. The Bertz CT molecular complexity index is 261. The quantitative estimate of drug-likeness (QED) is 0.650. The van der Waals surface area contributed by atoms with Gasteiger partial charge in [-0.15, -0.1) is 0 Å². The molecule has 0 heterocycles. The average Bonchev–Trinajstić information content (AvgIpc) is 2.05. The van der Waals surface area contributed by atoms with Gasteiger partial charge in [-0.25, -0.2) is 0 Å². The molecule has 11 heavy (non-hydrogen) atoms. The summed E-state index contributed by atoms with van der Waals surface area (Å²) in [5.41, 5.74) is 2.19. The van der Waals surface area contributed by atoms with Crippen LogP contribution in [0.25, 0.3) is 5.03 Å². The standard InChI is InChI=1S/C8H5Cl3/c9-5-8(11)6-1-3-7(10)4-2-6/h1-5H. The van der Waals surface area contributed by atoms with Crippen molar-refractivity contribution in [2.24, 2.45) is 0 Å². The van der Waals surface area contributed by atoms with E-state index in [1.54, 1.807) is 12.1 Å². The van der Waals surface area contributed by atoms with Crippen LogP contribution in [0.3, 0.4) is 0 Å². The summed E-state index contributed by atoms with van der Waals surface area (Å²) >= 11 is 16.8. The highest BCUT2D eigenvalue weighted by atomic mass is 35.5. The largest absolute Gasteiger partial charge is 0.0913 e. The highest BCUT2D eigenvalue weighted by molar-refractivity contribution is 6.52. The van der Waals surface area contributed by atoms with Gasteiger partial charge in [0, 0.05) is 10.6 Å². The normalized spacial score (nSPS) is 11.7. The molecule has 0 amide bonds. The Kier molecular flexibility index (Phi) is 3.25. The maximum absolute atomic E-state index is 5.73. The predicted molar refractivity (Wildman–Crippen MR) is 51.1 cm³/mol. The van der Waals surface area contributed by atoms with Crippen molar-refractivity contribution in [1.82, 2.24) is 0 Å². The molecule has 3 heteroatoms. The summed E-state index contributed by atoms with van der Waals surface area (Å²) in [7, 11) is 0. The van der Waals surface area contributed by atoms with E-state index in [9.17, 15) is 0 Å². The third-order valence-corrected chi connectivity index (χ3v) is 2.13. The van der Waals surface area contributed by atoms with E-state index in [0.29, 0.717) is 10.1 Å². The Morgan fingerprint density at radius 2 is 1.73 bits per heavy atom. The van der Waals surface area contributed by atoms with E-state index in [4.69, 9.17) is 34.8 Å². The summed E-state index contributed by atoms with van der Waals surface area (Å²) in [4.78, 5) is 0. The fourth-order valence-corrected chi connectivity index (χ4v) is 1.05. The molecule has 0 N–H and O–H groups in total. The molecule has 0 atom stereocenters. The van der Waals surface area contributed by atoms with Crippen molar-refractivity contribution in [2.45, 2.75) is 0 Å². The second kappa shape index (κ2) is 4.01. The second-order valence-electron chi connectivity index (χ2n) is 1.96. The topological polar surface area (TPSA) is 0 Å². The Labute approximate surface area is 80.4 Å². The number of hydrogen-bond acceptors (Lipinski definition) is 0. The molecule has 0 aromatic heterocycles. The fraction of sp³-hybridized carbons (Fsp3) is 0. The fourth-order valence-electron chi connectivity index (χ4n) is 0.672. The average molecular weight is 207 g/mol. The van der Waals surface area contributed by atoms with Crippen molar-refractivity contribution in [3.8, 4) is 0 Å². The molecule has 0 aliphatic rings.